The lowest BCUT2D eigenvalue weighted by Crippen LogP contribution is -2.07. The van der Waals surface area contributed by atoms with Crippen LogP contribution in [-0.4, -0.2) is 26.3 Å². The summed E-state index contributed by atoms with van der Waals surface area (Å²) in [4.78, 5) is 13.1. The van der Waals surface area contributed by atoms with E-state index in [1.807, 2.05) is 60.7 Å². The van der Waals surface area contributed by atoms with E-state index in [1.54, 1.807) is 0 Å². The maximum Gasteiger partial charge on any atom is 0.416 e. The summed E-state index contributed by atoms with van der Waals surface area (Å²) >= 11 is 0. The Balaban J connectivity index is 1.34. The first-order chi connectivity index (χ1) is 20.3. The Hall–Kier alpha value is -5.85. The molecule has 13 heteroatoms. The molecular weight excluding hydrogens is 547 g/mol. The van der Waals surface area contributed by atoms with Gasteiger partial charge in [0, 0.05) is 16.9 Å². The Morgan fingerprint density at radius 1 is 0.643 bits per heavy atom. The van der Waals surface area contributed by atoms with Crippen LogP contribution >= 0.6 is 0 Å². The highest BCUT2D eigenvalue weighted by Crippen LogP contribution is 2.32. The van der Waals surface area contributed by atoms with Crippen molar-refractivity contribution in [2.24, 2.45) is 15.3 Å². The molecular formula is C29H22F3N9O. The third kappa shape index (κ3) is 7.63. The Morgan fingerprint density at radius 3 is 1.81 bits per heavy atom. The van der Waals surface area contributed by atoms with Crippen LogP contribution in [0.3, 0.4) is 0 Å². The van der Waals surface area contributed by atoms with Gasteiger partial charge in [0.1, 0.15) is 5.75 Å². The fourth-order valence-corrected chi connectivity index (χ4v) is 3.57. The molecule has 5 aromatic rings. The van der Waals surface area contributed by atoms with E-state index in [9.17, 15) is 18.3 Å². The van der Waals surface area contributed by atoms with Gasteiger partial charge in [-0.05, 0) is 60.7 Å². The van der Waals surface area contributed by atoms with Crippen LogP contribution in [0.5, 0.6) is 5.75 Å². The molecule has 0 bridgehead atoms. The van der Waals surface area contributed by atoms with E-state index in [4.69, 9.17) is 0 Å². The first-order valence-electron chi connectivity index (χ1n) is 12.4. The number of hydrogen-bond acceptors (Lipinski definition) is 10. The molecule has 0 atom stereocenters. The highest BCUT2D eigenvalue weighted by molar-refractivity contribution is 5.85. The monoisotopic (exact) mass is 569 g/mol. The number of para-hydroxylation sites is 2. The van der Waals surface area contributed by atoms with Crippen molar-refractivity contribution in [2.45, 2.75) is 6.18 Å². The SMILES string of the molecule is Oc1ccc(N=Nc2cccc(C(F)(F)F)c2)cc1/C=N/Nc1nc(Nc2ccccc2)nc(Nc2ccccc2)n1. The van der Waals surface area contributed by atoms with Gasteiger partial charge in [0.15, 0.2) is 0 Å². The number of nitrogens with one attached hydrogen (secondary N) is 3. The zero-order valence-corrected chi connectivity index (χ0v) is 21.7. The summed E-state index contributed by atoms with van der Waals surface area (Å²) in [7, 11) is 0. The van der Waals surface area contributed by atoms with E-state index in [0.717, 1.165) is 23.5 Å². The molecule has 4 N–H and O–H groups in total. The molecule has 0 aliphatic heterocycles. The van der Waals surface area contributed by atoms with Crippen LogP contribution in [0.2, 0.25) is 0 Å². The summed E-state index contributed by atoms with van der Waals surface area (Å²) < 4.78 is 38.9. The predicted octanol–water partition coefficient (Wildman–Crippen LogP) is 7.94. The average molecular weight is 570 g/mol. The van der Waals surface area contributed by atoms with Crippen LogP contribution in [0.1, 0.15) is 11.1 Å². The van der Waals surface area contributed by atoms with E-state index >= 15 is 0 Å². The van der Waals surface area contributed by atoms with E-state index in [-0.39, 0.29) is 40.5 Å². The molecule has 0 saturated carbocycles. The van der Waals surface area contributed by atoms with Crippen molar-refractivity contribution in [3.05, 3.63) is 114 Å². The fourth-order valence-electron chi connectivity index (χ4n) is 3.57. The van der Waals surface area contributed by atoms with Crippen molar-refractivity contribution in [2.75, 3.05) is 16.1 Å². The summed E-state index contributed by atoms with van der Waals surface area (Å²) in [6, 6.07) is 27.5. The quantitative estimate of drug-likeness (QED) is 0.0805. The second-order valence-electron chi connectivity index (χ2n) is 8.65. The molecule has 0 aliphatic carbocycles. The van der Waals surface area contributed by atoms with Crippen molar-refractivity contribution >= 4 is 46.8 Å². The summed E-state index contributed by atoms with van der Waals surface area (Å²) in [5, 5.41) is 28.5. The highest BCUT2D eigenvalue weighted by Gasteiger charge is 2.30. The van der Waals surface area contributed by atoms with Crippen molar-refractivity contribution in [1.82, 2.24) is 15.0 Å². The molecule has 0 spiro atoms. The van der Waals surface area contributed by atoms with Gasteiger partial charge in [-0.1, -0.05) is 42.5 Å². The number of hydrazone groups is 1. The second kappa shape index (κ2) is 12.6. The van der Waals surface area contributed by atoms with Gasteiger partial charge in [0.2, 0.25) is 17.8 Å². The lowest BCUT2D eigenvalue weighted by Gasteiger charge is -2.10. The molecule has 0 saturated heterocycles. The number of benzene rings is 4. The normalized spacial score (nSPS) is 11.6. The highest BCUT2D eigenvalue weighted by atomic mass is 19.4. The predicted molar refractivity (Wildman–Crippen MR) is 154 cm³/mol. The van der Waals surface area contributed by atoms with Gasteiger partial charge >= 0.3 is 6.18 Å². The first-order valence-corrected chi connectivity index (χ1v) is 12.4. The van der Waals surface area contributed by atoms with Crippen LogP contribution in [0.25, 0.3) is 0 Å². The number of nitrogens with zero attached hydrogens (tertiary/aromatic N) is 6. The standard InChI is InChI=1S/C29H22F3N9O/c30-29(31,32)20-8-7-13-23(17-20)39-40-24-14-15-25(42)19(16-24)18-33-41-28-37-26(34-21-9-3-1-4-10-21)36-27(38-28)35-22-11-5-2-6-12-22/h1-18,42H,(H3,34,35,36,37,38,41)/b33-18+,40-39?. The summed E-state index contributed by atoms with van der Waals surface area (Å²) in [5.74, 6) is 0.518. The van der Waals surface area contributed by atoms with E-state index in [0.29, 0.717) is 0 Å². The number of halogens is 3. The molecule has 42 heavy (non-hydrogen) atoms. The minimum absolute atomic E-state index is 0.0319. The number of anilines is 5. The largest absolute Gasteiger partial charge is 0.507 e. The number of azo groups is 1. The minimum atomic E-state index is -4.49. The number of phenolic OH excluding ortho intramolecular Hbond substituents is 1. The van der Waals surface area contributed by atoms with Gasteiger partial charge in [-0.3, -0.25) is 0 Å². The number of hydrogen-bond donors (Lipinski definition) is 4. The Morgan fingerprint density at radius 2 is 1.21 bits per heavy atom. The van der Waals surface area contributed by atoms with Crippen LogP contribution in [0.15, 0.2) is 118 Å². The van der Waals surface area contributed by atoms with Crippen molar-refractivity contribution in [1.29, 1.82) is 0 Å². The molecule has 0 aliphatic rings. The van der Waals surface area contributed by atoms with E-state index < -0.39 is 11.7 Å². The zero-order chi connectivity index (χ0) is 29.4. The molecule has 1 aromatic heterocycles. The van der Waals surface area contributed by atoms with Crippen molar-refractivity contribution in [3.8, 4) is 5.75 Å². The van der Waals surface area contributed by atoms with Crippen molar-refractivity contribution < 1.29 is 18.3 Å². The molecule has 0 unspecified atom stereocenters. The smallest absolute Gasteiger partial charge is 0.416 e. The van der Waals surface area contributed by atoms with Crippen LogP contribution in [0.4, 0.5) is 53.8 Å². The van der Waals surface area contributed by atoms with Crippen LogP contribution in [0, 0.1) is 0 Å². The molecule has 5 rings (SSSR count). The third-order valence-electron chi connectivity index (χ3n) is 5.53. The topological polar surface area (TPSA) is 132 Å². The van der Waals surface area contributed by atoms with Gasteiger partial charge in [-0.25, -0.2) is 5.43 Å². The van der Waals surface area contributed by atoms with Gasteiger partial charge < -0.3 is 15.7 Å². The number of alkyl halides is 3. The van der Waals surface area contributed by atoms with Crippen LogP contribution < -0.4 is 16.1 Å². The van der Waals surface area contributed by atoms with E-state index in [1.165, 1.54) is 36.5 Å². The summed E-state index contributed by atoms with van der Waals surface area (Å²) in [6.07, 6.45) is -3.17. The number of phenols is 1. The number of rotatable bonds is 9. The summed E-state index contributed by atoms with van der Waals surface area (Å²) in [5.41, 5.74) is 4.02. The van der Waals surface area contributed by atoms with E-state index in [2.05, 4.69) is 46.3 Å². The van der Waals surface area contributed by atoms with Gasteiger partial charge in [0.05, 0.1) is 23.2 Å². The molecule has 1 heterocycles. The van der Waals surface area contributed by atoms with Gasteiger partial charge in [-0.2, -0.15) is 43.5 Å². The Kier molecular flexibility index (Phi) is 8.28. The number of aromatic nitrogens is 3. The molecule has 0 fully saturated rings. The Bertz CT molecular complexity index is 1650. The van der Waals surface area contributed by atoms with Gasteiger partial charge in [0.25, 0.3) is 0 Å². The Labute approximate surface area is 237 Å². The molecule has 0 amide bonds. The maximum atomic E-state index is 13.0. The third-order valence-corrected chi connectivity index (χ3v) is 5.53. The first kappa shape index (κ1) is 27.7. The fraction of sp³-hybridized carbons (Fsp3) is 0.0345. The second-order valence-corrected chi connectivity index (χ2v) is 8.65. The lowest BCUT2D eigenvalue weighted by molar-refractivity contribution is -0.137. The number of aromatic hydroxyl groups is 1. The van der Waals surface area contributed by atoms with Crippen molar-refractivity contribution in [3.63, 3.8) is 0 Å². The zero-order valence-electron chi connectivity index (χ0n) is 21.7. The average Bonchev–Trinajstić information content (AvgIpc) is 2.98. The lowest BCUT2D eigenvalue weighted by atomic mass is 10.2. The molecule has 210 valence electrons. The van der Waals surface area contributed by atoms with Crippen LogP contribution in [-0.2, 0) is 6.18 Å². The maximum absolute atomic E-state index is 13.0. The molecule has 4 aromatic carbocycles. The molecule has 0 radical (unpaired) electrons. The van der Waals surface area contributed by atoms with Gasteiger partial charge in [-0.15, -0.1) is 0 Å². The summed E-state index contributed by atoms with van der Waals surface area (Å²) in [6.45, 7) is 0. The minimum Gasteiger partial charge on any atom is -0.507 e. The molecule has 10 nitrogen and oxygen atoms in total.